The number of benzene rings is 1. The topological polar surface area (TPSA) is 63.5 Å². The van der Waals surface area contributed by atoms with Crippen LogP contribution >= 0.6 is 0 Å². The molecule has 0 atom stereocenters. The summed E-state index contributed by atoms with van der Waals surface area (Å²) < 4.78 is 27.2. The lowest BCUT2D eigenvalue weighted by Gasteiger charge is -2.23. The van der Waals surface area contributed by atoms with Crippen molar-refractivity contribution in [2.75, 3.05) is 13.1 Å². The number of carbonyl (C=O) groups is 1. The molecule has 0 fully saturated rings. The zero-order valence-corrected chi connectivity index (χ0v) is 11.5. The van der Waals surface area contributed by atoms with Crippen molar-refractivity contribution in [3.63, 3.8) is 0 Å². The number of hydrogen-bond acceptors (Lipinski definition) is 3. The van der Waals surface area contributed by atoms with Crippen LogP contribution in [0.1, 0.15) is 31.1 Å². The second-order valence-corrected chi connectivity index (χ2v) is 4.78. The van der Waals surface area contributed by atoms with Crippen LogP contribution in [0.2, 0.25) is 0 Å². The quantitative estimate of drug-likeness (QED) is 0.617. The molecule has 0 saturated carbocycles. The number of carbonyl (C=O) groups excluding carboxylic acids is 1. The Hall–Kier alpha value is -2.05. The van der Waals surface area contributed by atoms with Crippen LogP contribution in [-0.4, -0.2) is 28.8 Å². The fourth-order valence-corrected chi connectivity index (χ4v) is 1.83. The second-order valence-electron chi connectivity index (χ2n) is 4.78. The molecule has 0 bridgehead atoms. The van der Waals surface area contributed by atoms with Gasteiger partial charge in [0.05, 0.1) is 16.6 Å². The molecule has 0 heterocycles. The summed E-state index contributed by atoms with van der Waals surface area (Å²) in [7, 11) is 0. The highest BCUT2D eigenvalue weighted by Gasteiger charge is 2.26. The van der Waals surface area contributed by atoms with Gasteiger partial charge in [0.2, 0.25) is 5.82 Å². The third kappa shape index (κ3) is 3.49. The van der Waals surface area contributed by atoms with Crippen LogP contribution in [0.3, 0.4) is 0 Å². The van der Waals surface area contributed by atoms with Crippen LogP contribution in [0.15, 0.2) is 12.1 Å². The maximum absolute atomic E-state index is 13.9. The summed E-state index contributed by atoms with van der Waals surface area (Å²) in [6.45, 7) is 6.12. The molecule has 1 aromatic carbocycles. The fraction of sp³-hybridized carbons (Fsp3) is 0.462. The van der Waals surface area contributed by atoms with Crippen molar-refractivity contribution in [1.29, 1.82) is 0 Å². The highest BCUT2D eigenvalue weighted by molar-refractivity contribution is 5.95. The van der Waals surface area contributed by atoms with E-state index in [0.29, 0.717) is 25.2 Å². The lowest BCUT2D eigenvalue weighted by molar-refractivity contribution is -0.387. The zero-order chi connectivity index (χ0) is 15.4. The van der Waals surface area contributed by atoms with Crippen molar-refractivity contribution in [1.82, 2.24) is 4.90 Å². The molecule has 1 amide bonds. The van der Waals surface area contributed by atoms with Crippen molar-refractivity contribution in [2.24, 2.45) is 5.92 Å². The van der Waals surface area contributed by atoms with Gasteiger partial charge in [-0.15, -0.1) is 0 Å². The third-order valence-corrected chi connectivity index (χ3v) is 2.70. The third-order valence-electron chi connectivity index (χ3n) is 2.70. The minimum atomic E-state index is -1.30. The largest absolute Gasteiger partial charge is 0.339 e. The fourth-order valence-electron chi connectivity index (χ4n) is 1.83. The van der Waals surface area contributed by atoms with Gasteiger partial charge < -0.3 is 4.90 Å². The number of nitrogens with zero attached hydrogens (tertiary/aromatic N) is 2. The molecule has 0 unspecified atom stereocenters. The Bertz CT molecular complexity index is 533. The van der Waals surface area contributed by atoms with Crippen molar-refractivity contribution in [3.05, 3.63) is 39.4 Å². The number of hydrogen-bond donors (Lipinski definition) is 0. The average molecular weight is 286 g/mol. The SMILES string of the molecule is CCN(CC(C)C)C(=O)c1cc(F)cc([N+](=O)[O-])c1F. The summed E-state index contributed by atoms with van der Waals surface area (Å²) in [5, 5.41) is 10.6. The van der Waals surface area contributed by atoms with Gasteiger partial charge in [0.15, 0.2) is 0 Å². The van der Waals surface area contributed by atoms with Gasteiger partial charge in [0.25, 0.3) is 5.91 Å². The summed E-state index contributed by atoms with van der Waals surface area (Å²) in [5.74, 6) is -2.92. The monoisotopic (exact) mass is 286 g/mol. The Balaban J connectivity index is 3.24. The molecule has 0 radical (unpaired) electrons. The first kappa shape index (κ1) is 16.0. The molecule has 0 aliphatic rings. The Labute approximate surface area is 115 Å². The first-order valence-electron chi connectivity index (χ1n) is 6.20. The summed E-state index contributed by atoms with van der Waals surface area (Å²) in [4.78, 5) is 23.1. The highest BCUT2D eigenvalue weighted by atomic mass is 19.1. The summed E-state index contributed by atoms with van der Waals surface area (Å²) in [5.41, 5.74) is -1.65. The molecular formula is C13H16F2N2O3. The number of amides is 1. The van der Waals surface area contributed by atoms with Gasteiger partial charge in [-0.1, -0.05) is 13.8 Å². The molecule has 110 valence electrons. The number of halogens is 2. The summed E-state index contributed by atoms with van der Waals surface area (Å²) >= 11 is 0. The van der Waals surface area contributed by atoms with E-state index >= 15 is 0 Å². The zero-order valence-electron chi connectivity index (χ0n) is 11.5. The van der Waals surface area contributed by atoms with E-state index in [1.54, 1.807) is 6.92 Å². The van der Waals surface area contributed by atoms with E-state index in [-0.39, 0.29) is 5.92 Å². The minimum Gasteiger partial charge on any atom is -0.339 e. The van der Waals surface area contributed by atoms with Crippen molar-refractivity contribution in [2.45, 2.75) is 20.8 Å². The van der Waals surface area contributed by atoms with Gasteiger partial charge >= 0.3 is 5.69 Å². The van der Waals surface area contributed by atoms with E-state index in [9.17, 15) is 23.7 Å². The predicted octanol–water partition coefficient (Wildman–Crippen LogP) is 2.99. The van der Waals surface area contributed by atoms with Crippen molar-refractivity contribution in [3.8, 4) is 0 Å². The summed E-state index contributed by atoms with van der Waals surface area (Å²) in [6, 6.07) is 1.15. The van der Waals surface area contributed by atoms with E-state index in [1.165, 1.54) is 4.90 Å². The second kappa shape index (κ2) is 6.40. The van der Waals surface area contributed by atoms with Crippen LogP contribution in [0.5, 0.6) is 0 Å². The average Bonchev–Trinajstić information content (AvgIpc) is 2.36. The van der Waals surface area contributed by atoms with E-state index in [4.69, 9.17) is 0 Å². The van der Waals surface area contributed by atoms with E-state index < -0.39 is 33.7 Å². The van der Waals surface area contributed by atoms with Crippen LogP contribution < -0.4 is 0 Å². The lowest BCUT2D eigenvalue weighted by Crippen LogP contribution is -2.34. The first-order chi connectivity index (χ1) is 9.27. The molecule has 5 nitrogen and oxygen atoms in total. The van der Waals surface area contributed by atoms with Crippen molar-refractivity contribution >= 4 is 11.6 Å². The molecule has 0 aliphatic carbocycles. The van der Waals surface area contributed by atoms with E-state index in [1.807, 2.05) is 13.8 Å². The molecule has 0 aliphatic heterocycles. The van der Waals surface area contributed by atoms with Gasteiger partial charge in [0, 0.05) is 13.1 Å². The van der Waals surface area contributed by atoms with Crippen LogP contribution in [0.4, 0.5) is 14.5 Å². The van der Waals surface area contributed by atoms with Crippen LogP contribution in [-0.2, 0) is 0 Å². The van der Waals surface area contributed by atoms with Gasteiger partial charge in [-0.2, -0.15) is 4.39 Å². The molecule has 0 spiro atoms. The molecule has 0 N–H and O–H groups in total. The molecule has 1 rings (SSSR count). The molecule has 0 aromatic heterocycles. The predicted molar refractivity (Wildman–Crippen MR) is 69.4 cm³/mol. The summed E-state index contributed by atoms with van der Waals surface area (Å²) in [6.07, 6.45) is 0. The number of nitro groups is 1. The van der Waals surface area contributed by atoms with Gasteiger partial charge in [-0.05, 0) is 18.9 Å². The lowest BCUT2D eigenvalue weighted by atomic mass is 10.1. The Morgan fingerprint density at radius 3 is 2.45 bits per heavy atom. The molecule has 0 saturated heterocycles. The number of nitro benzene ring substituents is 1. The van der Waals surface area contributed by atoms with Gasteiger partial charge in [-0.25, -0.2) is 4.39 Å². The van der Waals surface area contributed by atoms with E-state index in [2.05, 4.69) is 0 Å². The Morgan fingerprint density at radius 2 is 2.00 bits per heavy atom. The maximum atomic E-state index is 13.9. The molecule has 7 heteroatoms. The Morgan fingerprint density at radius 1 is 1.40 bits per heavy atom. The standard InChI is InChI=1S/C13H16F2N2O3/c1-4-16(7-8(2)3)13(18)10-5-9(14)6-11(12(10)15)17(19)20/h5-6,8H,4,7H2,1-3H3. The number of rotatable bonds is 5. The smallest absolute Gasteiger partial charge is 0.308 e. The van der Waals surface area contributed by atoms with Gasteiger partial charge in [-0.3, -0.25) is 14.9 Å². The van der Waals surface area contributed by atoms with Crippen molar-refractivity contribution < 1.29 is 18.5 Å². The molecule has 20 heavy (non-hydrogen) atoms. The van der Waals surface area contributed by atoms with E-state index in [0.717, 1.165) is 0 Å². The first-order valence-corrected chi connectivity index (χ1v) is 6.20. The molecule has 1 aromatic rings. The van der Waals surface area contributed by atoms with Gasteiger partial charge in [0.1, 0.15) is 5.82 Å². The normalized spacial score (nSPS) is 10.7. The van der Waals surface area contributed by atoms with Crippen LogP contribution in [0.25, 0.3) is 0 Å². The highest BCUT2D eigenvalue weighted by Crippen LogP contribution is 2.23. The van der Waals surface area contributed by atoms with Crippen LogP contribution in [0, 0.1) is 27.7 Å². The minimum absolute atomic E-state index is 0.144. The Kier molecular flexibility index (Phi) is 5.12. The maximum Gasteiger partial charge on any atom is 0.308 e. The molecular weight excluding hydrogens is 270 g/mol.